The number of hydrogen-bond donors (Lipinski definition) is 3. The lowest BCUT2D eigenvalue weighted by Crippen LogP contribution is -2.46. The molecule has 1 aliphatic rings. The van der Waals surface area contributed by atoms with Crippen LogP contribution in [0.2, 0.25) is 5.02 Å². The summed E-state index contributed by atoms with van der Waals surface area (Å²) in [5.41, 5.74) is 1.16. The Morgan fingerprint density at radius 3 is 2.80 bits per heavy atom. The largest absolute Gasteiger partial charge is 0.405 e. The van der Waals surface area contributed by atoms with Crippen LogP contribution in [-0.4, -0.2) is 63.6 Å². The highest BCUT2D eigenvalue weighted by atomic mass is 35.5. The molecule has 186 valence electrons. The summed E-state index contributed by atoms with van der Waals surface area (Å²) >= 11 is 6.11. The van der Waals surface area contributed by atoms with E-state index in [0.717, 1.165) is 6.42 Å². The number of halogens is 4. The molecule has 1 saturated heterocycles. The molecule has 0 radical (unpaired) electrons. The van der Waals surface area contributed by atoms with Crippen LogP contribution in [0.1, 0.15) is 36.7 Å². The fraction of sp³-hybridized carbons (Fsp3) is 0.409. The van der Waals surface area contributed by atoms with Crippen LogP contribution in [0.5, 0.6) is 0 Å². The molecule has 4 rings (SSSR count). The monoisotopic (exact) mass is 509 g/mol. The number of pyridine rings is 1. The van der Waals surface area contributed by atoms with Crippen molar-refractivity contribution in [2.45, 2.75) is 38.4 Å². The number of H-pyrrole nitrogens is 1. The number of rotatable bonds is 7. The zero-order chi connectivity index (χ0) is 25.2. The molecule has 3 aromatic rings. The minimum atomic E-state index is -4.52. The number of alkyl halides is 3. The van der Waals surface area contributed by atoms with Crippen molar-refractivity contribution >= 4 is 40.3 Å². The highest BCUT2D eigenvalue weighted by Crippen LogP contribution is 2.31. The number of aromatic nitrogens is 4. The summed E-state index contributed by atoms with van der Waals surface area (Å²) in [7, 11) is 0. The molecule has 0 aromatic carbocycles. The molecule has 4 heterocycles. The van der Waals surface area contributed by atoms with Gasteiger partial charge in [0.15, 0.2) is 5.82 Å². The zero-order valence-electron chi connectivity index (χ0n) is 18.7. The number of nitrogens with one attached hydrogen (secondary N) is 3. The van der Waals surface area contributed by atoms with Gasteiger partial charge >= 0.3 is 6.18 Å². The summed E-state index contributed by atoms with van der Waals surface area (Å²) in [6.45, 7) is 1.32. The van der Waals surface area contributed by atoms with Gasteiger partial charge < -0.3 is 20.5 Å². The van der Waals surface area contributed by atoms with Crippen LogP contribution in [0.3, 0.4) is 0 Å². The molecule has 9 nitrogen and oxygen atoms in total. The minimum absolute atomic E-state index is 0.0733. The van der Waals surface area contributed by atoms with Gasteiger partial charge in [-0.05, 0) is 25.3 Å². The van der Waals surface area contributed by atoms with Crippen LogP contribution >= 0.6 is 11.6 Å². The van der Waals surface area contributed by atoms with Crippen molar-refractivity contribution in [3.05, 3.63) is 35.2 Å². The van der Waals surface area contributed by atoms with Crippen LogP contribution in [0.25, 0.3) is 22.4 Å². The van der Waals surface area contributed by atoms with E-state index in [-0.39, 0.29) is 17.3 Å². The van der Waals surface area contributed by atoms with Crippen molar-refractivity contribution in [3.63, 3.8) is 0 Å². The topological polar surface area (TPSA) is 116 Å². The van der Waals surface area contributed by atoms with Gasteiger partial charge in [0.1, 0.15) is 29.7 Å². The fourth-order valence-corrected chi connectivity index (χ4v) is 4.09. The lowest BCUT2D eigenvalue weighted by Gasteiger charge is -2.25. The average molecular weight is 510 g/mol. The predicted molar refractivity (Wildman–Crippen MR) is 124 cm³/mol. The summed E-state index contributed by atoms with van der Waals surface area (Å²) in [4.78, 5) is 43.2. The maximum absolute atomic E-state index is 12.8. The van der Waals surface area contributed by atoms with Crippen LogP contribution < -0.4 is 15.5 Å². The van der Waals surface area contributed by atoms with Crippen LogP contribution in [0.15, 0.2) is 24.5 Å². The third-order valence-corrected chi connectivity index (χ3v) is 5.74. The predicted octanol–water partition coefficient (Wildman–Crippen LogP) is 3.46. The SMILES string of the molecule is CCCNC(=O)c1cc(N2CCC[C@@H]2C(=O)NCC(F)(F)F)nc(-c2c[nH]c3ncc(Cl)cc23)n1. The summed E-state index contributed by atoms with van der Waals surface area (Å²) in [6, 6.07) is 2.28. The van der Waals surface area contributed by atoms with E-state index in [9.17, 15) is 22.8 Å². The molecule has 3 aromatic heterocycles. The lowest BCUT2D eigenvalue weighted by atomic mass is 10.2. The third-order valence-electron chi connectivity index (χ3n) is 5.53. The Balaban J connectivity index is 1.74. The van der Waals surface area contributed by atoms with Gasteiger partial charge in [-0.2, -0.15) is 13.2 Å². The number of nitrogens with zero attached hydrogens (tertiary/aromatic N) is 4. The van der Waals surface area contributed by atoms with E-state index < -0.39 is 30.6 Å². The number of amides is 2. The number of carbonyl (C=O) groups excluding carboxylic acids is 2. The van der Waals surface area contributed by atoms with Gasteiger partial charge in [0, 0.05) is 42.5 Å². The lowest BCUT2D eigenvalue weighted by molar-refractivity contribution is -0.139. The van der Waals surface area contributed by atoms with Crippen molar-refractivity contribution in [2.24, 2.45) is 0 Å². The first kappa shape index (κ1) is 24.7. The zero-order valence-corrected chi connectivity index (χ0v) is 19.5. The first-order valence-corrected chi connectivity index (χ1v) is 11.5. The second-order valence-corrected chi connectivity index (χ2v) is 8.56. The molecule has 13 heteroatoms. The summed E-state index contributed by atoms with van der Waals surface area (Å²) in [5, 5.41) is 5.74. The number of aromatic amines is 1. The quantitative estimate of drug-likeness (QED) is 0.449. The van der Waals surface area contributed by atoms with Crippen molar-refractivity contribution in [1.29, 1.82) is 0 Å². The Labute approximate surface area is 203 Å². The van der Waals surface area contributed by atoms with E-state index in [2.05, 4.69) is 25.3 Å². The van der Waals surface area contributed by atoms with E-state index in [0.29, 0.717) is 47.6 Å². The molecule has 2 amide bonds. The Morgan fingerprint density at radius 2 is 2.06 bits per heavy atom. The van der Waals surface area contributed by atoms with Crippen LogP contribution in [-0.2, 0) is 4.79 Å². The van der Waals surface area contributed by atoms with Crippen LogP contribution in [0, 0.1) is 0 Å². The Kier molecular flexibility index (Phi) is 7.10. The molecule has 35 heavy (non-hydrogen) atoms. The second-order valence-electron chi connectivity index (χ2n) is 8.13. The summed E-state index contributed by atoms with van der Waals surface area (Å²) < 4.78 is 37.9. The number of carbonyl (C=O) groups is 2. The molecular weight excluding hydrogens is 487 g/mol. The molecule has 0 bridgehead atoms. The molecular formula is C22H23ClF3N7O2. The van der Waals surface area contributed by atoms with E-state index in [1.807, 2.05) is 12.2 Å². The van der Waals surface area contributed by atoms with E-state index in [4.69, 9.17) is 11.6 Å². The molecule has 0 unspecified atom stereocenters. The normalized spacial score (nSPS) is 16.0. The maximum atomic E-state index is 12.8. The van der Waals surface area contributed by atoms with Gasteiger partial charge in [0.2, 0.25) is 5.91 Å². The molecule has 1 atom stereocenters. The Bertz CT molecular complexity index is 1250. The summed E-state index contributed by atoms with van der Waals surface area (Å²) in [6.07, 6.45) is 0.255. The van der Waals surface area contributed by atoms with Gasteiger partial charge in [-0.1, -0.05) is 18.5 Å². The molecule has 0 saturated carbocycles. The van der Waals surface area contributed by atoms with Gasteiger partial charge in [-0.3, -0.25) is 9.59 Å². The standard InChI is InChI=1S/C22H23ClF3N7O2/c1-2-5-27-20(34)15-8-17(33-6-3-4-16(33)21(35)30-11-22(24,25)26)32-19(31-15)14-10-29-18-13(14)7-12(23)9-28-18/h7-10,16H,2-6,11H2,1H3,(H,27,34)(H,28,29)(H,30,35)/t16-/m1/s1. The van der Waals surface area contributed by atoms with Crippen molar-refractivity contribution in [1.82, 2.24) is 30.6 Å². The van der Waals surface area contributed by atoms with Crippen molar-refractivity contribution in [2.75, 3.05) is 24.5 Å². The summed E-state index contributed by atoms with van der Waals surface area (Å²) in [5.74, 6) is -0.712. The molecule has 1 aliphatic heterocycles. The molecule has 3 N–H and O–H groups in total. The van der Waals surface area contributed by atoms with E-state index in [1.54, 1.807) is 17.2 Å². The highest BCUT2D eigenvalue weighted by molar-refractivity contribution is 6.31. The van der Waals surface area contributed by atoms with E-state index >= 15 is 0 Å². The first-order chi connectivity index (χ1) is 16.7. The average Bonchev–Trinajstić information content (AvgIpc) is 3.47. The third kappa shape index (κ3) is 5.64. The highest BCUT2D eigenvalue weighted by Gasteiger charge is 2.35. The molecule has 0 spiro atoms. The van der Waals surface area contributed by atoms with Gasteiger partial charge in [-0.25, -0.2) is 15.0 Å². The van der Waals surface area contributed by atoms with Gasteiger partial charge in [0.05, 0.1) is 5.02 Å². The molecule has 0 aliphatic carbocycles. The smallest absolute Gasteiger partial charge is 0.351 e. The van der Waals surface area contributed by atoms with E-state index in [1.165, 1.54) is 12.3 Å². The minimum Gasteiger partial charge on any atom is -0.351 e. The van der Waals surface area contributed by atoms with Gasteiger partial charge in [-0.15, -0.1) is 0 Å². The maximum Gasteiger partial charge on any atom is 0.405 e. The van der Waals surface area contributed by atoms with Crippen molar-refractivity contribution in [3.8, 4) is 11.4 Å². The number of anilines is 1. The van der Waals surface area contributed by atoms with Crippen molar-refractivity contribution < 1.29 is 22.8 Å². The Hall–Kier alpha value is -3.41. The number of hydrogen-bond acceptors (Lipinski definition) is 6. The fourth-order valence-electron chi connectivity index (χ4n) is 3.93. The first-order valence-electron chi connectivity index (χ1n) is 11.1. The van der Waals surface area contributed by atoms with Crippen LogP contribution in [0.4, 0.5) is 19.0 Å². The number of fused-ring (bicyclic) bond motifs is 1. The molecule has 1 fully saturated rings. The second kappa shape index (κ2) is 10.1. The Morgan fingerprint density at radius 1 is 1.26 bits per heavy atom. The van der Waals surface area contributed by atoms with Gasteiger partial charge in [0.25, 0.3) is 5.91 Å².